The van der Waals surface area contributed by atoms with E-state index in [0.717, 1.165) is 35.7 Å². The van der Waals surface area contributed by atoms with Gasteiger partial charge in [0.15, 0.2) is 5.76 Å². The molecule has 1 aromatic carbocycles. The average molecular weight is 246 g/mol. The third kappa shape index (κ3) is 3.00. The number of nitrogens with two attached hydrogens (primary N) is 1. The van der Waals surface area contributed by atoms with E-state index in [9.17, 15) is 5.11 Å². The molecule has 0 aliphatic carbocycles. The molecule has 1 atom stereocenters. The minimum atomic E-state index is -0.426. The molecule has 3 heteroatoms. The highest BCUT2D eigenvalue weighted by Crippen LogP contribution is 2.23. The topological polar surface area (TPSA) is 50.0 Å². The zero-order chi connectivity index (χ0) is 13.0. The number of aliphatic hydroxyl groups excluding tert-OH is 1. The van der Waals surface area contributed by atoms with Gasteiger partial charge in [-0.3, -0.25) is 0 Å². The Morgan fingerprint density at radius 2 is 1.89 bits per heavy atom. The van der Waals surface area contributed by atoms with Crippen LogP contribution in [0.4, 0.5) is 0 Å². The van der Waals surface area contributed by atoms with E-state index in [-0.39, 0.29) is 0 Å². The van der Waals surface area contributed by atoms with Crippen LogP contribution in [0.15, 0.2) is 40.8 Å². The van der Waals surface area contributed by atoms with Gasteiger partial charge in [0.05, 0.1) is 12.6 Å². The van der Waals surface area contributed by atoms with Gasteiger partial charge in [0.25, 0.3) is 0 Å². The van der Waals surface area contributed by atoms with Crippen LogP contribution < -0.4 is 5.32 Å². The molecule has 0 unspecified atom stereocenters. The van der Waals surface area contributed by atoms with E-state index in [4.69, 9.17) is 4.42 Å². The van der Waals surface area contributed by atoms with Crippen LogP contribution in [0.5, 0.6) is 0 Å². The molecule has 2 rings (SSSR count). The van der Waals surface area contributed by atoms with Gasteiger partial charge >= 0.3 is 0 Å². The second-order valence-electron chi connectivity index (χ2n) is 4.46. The van der Waals surface area contributed by atoms with Crippen LogP contribution in [-0.4, -0.2) is 11.7 Å². The molecule has 3 N–H and O–H groups in total. The largest absolute Gasteiger partial charge is 0.455 e. The van der Waals surface area contributed by atoms with Gasteiger partial charge in [-0.05, 0) is 31.5 Å². The van der Waals surface area contributed by atoms with Crippen LogP contribution in [0.1, 0.15) is 31.3 Å². The second kappa shape index (κ2) is 5.85. The summed E-state index contributed by atoms with van der Waals surface area (Å²) in [5.41, 5.74) is 1.96. The number of hydrogen-bond acceptors (Lipinski definition) is 2. The lowest BCUT2D eigenvalue weighted by molar-refractivity contribution is -0.669. The van der Waals surface area contributed by atoms with Crippen molar-refractivity contribution >= 4 is 0 Å². The molecule has 0 amide bonds. The van der Waals surface area contributed by atoms with E-state index < -0.39 is 6.10 Å². The highest BCUT2D eigenvalue weighted by molar-refractivity contribution is 5.58. The zero-order valence-electron chi connectivity index (χ0n) is 10.9. The summed E-state index contributed by atoms with van der Waals surface area (Å²) in [5, 5.41) is 11.7. The quantitative estimate of drug-likeness (QED) is 0.848. The Kier molecular flexibility index (Phi) is 4.18. The molecular formula is C15H20NO2+. The van der Waals surface area contributed by atoms with E-state index in [1.54, 1.807) is 6.92 Å². The monoisotopic (exact) mass is 246 g/mol. The first-order valence-electron chi connectivity index (χ1n) is 6.39. The van der Waals surface area contributed by atoms with Gasteiger partial charge in [-0.1, -0.05) is 24.3 Å². The maximum Gasteiger partial charge on any atom is 0.158 e. The van der Waals surface area contributed by atoms with Crippen LogP contribution in [0, 0.1) is 0 Å². The lowest BCUT2D eigenvalue weighted by Crippen LogP contribution is -2.81. The first-order valence-corrected chi connectivity index (χ1v) is 6.39. The van der Waals surface area contributed by atoms with Crippen molar-refractivity contribution in [1.29, 1.82) is 0 Å². The van der Waals surface area contributed by atoms with Crippen LogP contribution in [0.2, 0.25) is 0 Å². The predicted octanol–water partition coefficient (Wildman–Crippen LogP) is 2.08. The maximum absolute atomic E-state index is 9.46. The fraction of sp³-hybridized carbons (Fsp3) is 0.333. The third-order valence-corrected chi connectivity index (χ3v) is 2.97. The van der Waals surface area contributed by atoms with Crippen molar-refractivity contribution in [3.8, 4) is 11.3 Å². The SMILES string of the molecule is CC[NH2+]Cc1ccc(-c2ccc([C@@H](C)O)cc2)o1. The summed E-state index contributed by atoms with van der Waals surface area (Å²) in [6, 6.07) is 11.8. The number of hydrogen-bond donors (Lipinski definition) is 2. The Balaban J connectivity index is 2.13. The first-order chi connectivity index (χ1) is 8.70. The smallest absolute Gasteiger partial charge is 0.158 e. The van der Waals surface area contributed by atoms with Crippen molar-refractivity contribution in [1.82, 2.24) is 0 Å². The highest BCUT2D eigenvalue weighted by atomic mass is 16.3. The van der Waals surface area contributed by atoms with Gasteiger partial charge in [-0.15, -0.1) is 0 Å². The number of quaternary nitrogens is 1. The fourth-order valence-corrected chi connectivity index (χ4v) is 1.86. The summed E-state index contributed by atoms with van der Waals surface area (Å²) < 4.78 is 5.78. The molecule has 18 heavy (non-hydrogen) atoms. The summed E-state index contributed by atoms with van der Waals surface area (Å²) >= 11 is 0. The molecular weight excluding hydrogens is 226 g/mol. The Bertz CT molecular complexity index is 485. The van der Waals surface area contributed by atoms with Gasteiger partial charge < -0.3 is 14.8 Å². The number of aliphatic hydroxyl groups is 1. The van der Waals surface area contributed by atoms with Gasteiger partial charge in [0.2, 0.25) is 0 Å². The van der Waals surface area contributed by atoms with Gasteiger partial charge in [-0.2, -0.15) is 0 Å². The summed E-state index contributed by atoms with van der Waals surface area (Å²) in [6.07, 6.45) is -0.426. The Labute approximate surface area is 107 Å². The fourth-order valence-electron chi connectivity index (χ4n) is 1.86. The predicted molar refractivity (Wildman–Crippen MR) is 70.9 cm³/mol. The molecule has 3 nitrogen and oxygen atoms in total. The lowest BCUT2D eigenvalue weighted by atomic mass is 10.1. The number of furan rings is 1. The Hall–Kier alpha value is -1.58. The second-order valence-corrected chi connectivity index (χ2v) is 4.46. The number of benzene rings is 1. The summed E-state index contributed by atoms with van der Waals surface area (Å²) in [5.74, 6) is 1.87. The molecule has 0 saturated carbocycles. The van der Waals surface area contributed by atoms with Crippen LogP contribution in [0.3, 0.4) is 0 Å². The summed E-state index contributed by atoms with van der Waals surface area (Å²) in [6.45, 7) is 5.82. The maximum atomic E-state index is 9.46. The molecule has 96 valence electrons. The molecule has 0 aliphatic heterocycles. The molecule has 0 bridgehead atoms. The minimum Gasteiger partial charge on any atom is -0.455 e. The molecule has 0 radical (unpaired) electrons. The lowest BCUT2D eigenvalue weighted by Gasteiger charge is -2.04. The van der Waals surface area contributed by atoms with E-state index in [0.29, 0.717) is 0 Å². The molecule has 0 aliphatic rings. The Morgan fingerprint density at radius 1 is 1.17 bits per heavy atom. The molecule has 1 heterocycles. The van der Waals surface area contributed by atoms with Gasteiger partial charge in [0.1, 0.15) is 12.3 Å². The van der Waals surface area contributed by atoms with Crippen molar-refractivity contribution in [2.75, 3.05) is 6.54 Å². The van der Waals surface area contributed by atoms with E-state index in [1.807, 2.05) is 36.4 Å². The molecule has 1 aromatic heterocycles. The van der Waals surface area contributed by atoms with Crippen LogP contribution >= 0.6 is 0 Å². The summed E-state index contributed by atoms with van der Waals surface area (Å²) in [7, 11) is 0. The summed E-state index contributed by atoms with van der Waals surface area (Å²) in [4.78, 5) is 0. The molecule has 0 fully saturated rings. The van der Waals surface area contributed by atoms with E-state index in [2.05, 4.69) is 12.2 Å². The van der Waals surface area contributed by atoms with Crippen LogP contribution in [0.25, 0.3) is 11.3 Å². The highest BCUT2D eigenvalue weighted by Gasteiger charge is 2.06. The van der Waals surface area contributed by atoms with Crippen molar-refractivity contribution in [3.63, 3.8) is 0 Å². The third-order valence-electron chi connectivity index (χ3n) is 2.97. The Morgan fingerprint density at radius 3 is 2.50 bits per heavy atom. The molecule has 2 aromatic rings. The van der Waals surface area contributed by atoms with Crippen LogP contribution in [-0.2, 0) is 6.54 Å². The van der Waals surface area contributed by atoms with Crippen molar-refractivity contribution in [2.24, 2.45) is 0 Å². The van der Waals surface area contributed by atoms with E-state index in [1.165, 1.54) is 0 Å². The van der Waals surface area contributed by atoms with Crippen molar-refractivity contribution in [3.05, 3.63) is 47.7 Å². The first kappa shape index (κ1) is 12.9. The van der Waals surface area contributed by atoms with Crippen molar-refractivity contribution in [2.45, 2.75) is 26.5 Å². The van der Waals surface area contributed by atoms with E-state index >= 15 is 0 Å². The minimum absolute atomic E-state index is 0.426. The zero-order valence-corrected chi connectivity index (χ0v) is 10.9. The molecule has 0 saturated heterocycles. The molecule has 0 spiro atoms. The normalized spacial score (nSPS) is 12.6. The van der Waals surface area contributed by atoms with Gasteiger partial charge in [0, 0.05) is 5.56 Å². The van der Waals surface area contributed by atoms with Crippen molar-refractivity contribution < 1.29 is 14.8 Å². The standard InChI is InChI=1S/C15H19NO2/c1-3-16-10-14-8-9-15(18-14)13-6-4-12(5-7-13)11(2)17/h4-9,11,16-17H,3,10H2,1-2H3/p+1/t11-/m1/s1. The van der Waals surface area contributed by atoms with Gasteiger partial charge in [-0.25, -0.2) is 0 Å². The average Bonchev–Trinajstić information content (AvgIpc) is 2.85. The number of rotatable bonds is 5.